The number of amides is 1. The molecule has 2 aromatic rings. The van der Waals surface area contributed by atoms with Gasteiger partial charge in [-0.1, -0.05) is 20.8 Å². The van der Waals surface area contributed by atoms with Crippen LogP contribution in [0.25, 0.3) is 11.2 Å². The normalized spacial score (nSPS) is 19.6. The molecule has 3 rings (SSSR count). The zero-order chi connectivity index (χ0) is 15.9. The molecule has 1 aliphatic heterocycles. The molecule has 3 heterocycles. The first-order chi connectivity index (χ1) is 10.4. The predicted octanol–water partition coefficient (Wildman–Crippen LogP) is 2.12. The van der Waals surface area contributed by atoms with Crippen LogP contribution in [-0.4, -0.2) is 43.6 Å². The van der Waals surface area contributed by atoms with Gasteiger partial charge in [0.15, 0.2) is 5.65 Å². The number of likely N-dealkylation sites (tertiary alicyclic amines) is 1. The van der Waals surface area contributed by atoms with E-state index in [1.165, 1.54) is 0 Å². The van der Waals surface area contributed by atoms with Gasteiger partial charge in [-0.05, 0) is 12.8 Å². The second-order valence-electron chi connectivity index (χ2n) is 7.08. The average Bonchev–Trinajstić information content (AvgIpc) is 2.83. The number of nitrogens with zero attached hydrogens (tertiary/aromatic N) is 5. The molecule has 0 radical (unpaired) electrons. The minimum Gasteiger partial charge on any atom is -0.342 e. The minimum absolute atomic E-state index is 0.212. The summed E-state index contributed by atoms with van der Waals surface area (Å²) < 4.78 is 1.78. The third-order valence-electron chi connectivity index (χ3n) is 4.22. The second kappa shape index (κ2) is 5.34. The largest absolute Gasteiger partial charge is 0.342 e. The van der Waals surface area contributed by atoms with E-state index in [0.29, 0.717) is 0 Å². The van der Waals surface area contributed by atoms with Gasteiger partial charge in [-0.3, -0.25) is 4.79 Å². The van der Waals surface area contributed by atoms with Crippen molar-refractivity contribution in [2.24, 2.45) is 12.5 Å². The second-order valence-corrected chi connectivity index (χ2v) is 7.08. The molecule has 118 valence electrons. The highest BCUT2D eigenvalue weighted by atomic mass is 16.2. The van der Waals surface area contributed by atoms with Gasteiger partial charge in [-0.25, -0.2) is 14.6 Å². The summed E-state index contributed by atoms with van der Waals surface area (Å²) in [5.74, 6) is 0.448. The first-order valence-corrected chi connectivity index (χ1v) is 7.81. The quantitative estimate of drug-likeness (QED) is 0.809. The van der Waals surface area contributed by atoms with Crippen LogP contribution in [0.3, 0.4) is 0 Å². The molecule has 1 unspecified atom stereocenters. The lowest BCUT2D eigenvalue weighted by Gasteiger charge is -2.35. The molecule has 0 aromatic carbocycles. The van der Waals surface area contributed by atoms with E-state index >= 15 is 0 Å². The van der Waals surface area contributed by atoms with E-state index in [4.69, 9.17) is 0 Å². The van der Waals surface area contributed by atoms with Crippen LogP contribution in [0.1, 0.15) is 45.2 Å². The maximum absolute atomic E-state index is 12.5. The molecule has 2 aromatic heterocycles. The fourth-order valence-corrected chi connectivity index (χ4v) is 3.14. The fraction of sp³-hybridized carbons (Fsp3) is 0.625. The van der Waals surface area contributed by atoms with E-state index in [1.807, 2.05) is 32.7 Å². The lowest BCUT2D eigenvalue weighted by Crippen LogP contribution is -2.44. The van der Waals surface area contributed by atoms with Crippen LogP contribution in [0.5, 0.6) is 0 Å². The van der Waals surface area contributed by atoms with Crippen molar-refractivity contribution in [3.63, 3.8) is 0 Å². The zero-order valence-corrected chi connectivity index (χ0v) is 13.7. The maximum atomic E-state index is 12.5. The summed E-state index contributed by atoms with van der Waals surface area (Å²) in [7, 11) is 1.89. The lowest BCUT2D eigenvalue weighted by atomic mass is 9.90. The molecule has 1 fully saturated rings. The Hall–Kier alpha value is -1.98. The van der Waals surface area contributed by atoms with Crippen molar-refractivity contribution in [3.05, 3.63) is 18.1 Å². The Bertz CT molecular complexity index is 700. The first-order valence-electron chi connectivity index (χ1n) is 7.81. The number of hydrogen-bond acceptors (Lipinski definition) is 4. The molecule has 1 amide bonds. The highest BCUT2D eigenvalue weighted by molar-refractivity contribution is 5.82. The summed E-state index contributed by atoms with van der Waals surface area (Å²) in [4.78, 5) is 23.3. The van der Waals surface area contributed by atoms with E-state index in [1.54, 1.807) is 17.1 Å². The molecule has 0 spiro atoms. The Morgan fingerprint density at radius 2 is 2.00 bits per heavy atom. The molecule has 0 aliphatic carbocycles. The molecule has 1 atom stereocenters. The van der Waals surface area contributed by atoms with Crippen molar-refractivity contribution in [1.29, 1.82) is 0 Å². The van der Waals surface area contributed by atoms with Gasteiger partial charge in [0.25, 0.3) is 0 Å². The summed E-state index contributed by atoms with van der Waals surface area (Å²) >= 11 is 0. The highest BCUT2D eigenvalue weighted by Gasteiger charge is 2.33. The van der Waals surface area contributed by atoms with Gasteiger partial charge < -0.3 is 4.90 Å². The molecule has 1 aliphatic rings. The number of hydrogen-bond donors (Lipinski definition) is 0. The third-order valence-corrected chi connectivity index (χ3v) is 4.22. The smallest absolute Gasteiger partial charge is 0.227 e. The molecule has 0 saturated carbocycles. The summed E-state index contributed by atoms with van der Waals surface area (Å²) in [5.41, 5.74) is 2.29. The maximum Gasteiger partial charge on any atom is 0.227 e. The number of aryl methyl sites for hydroxylation is 1. The fourth-order valence-electron chi connectivity index (χ4n) is 3.14. The van der Waals surface area contributed by atoms with Crippen LogP contribution in [0, 0.1) is 5.41 Å². The van der Waals surface area contributed by atoms with Gasteiger partial charge in [-0.15, -0.1) is 0 Å². The molecule has 22 heavy (non-hydrogen) atoms. The van der Waals surface area contributed by atoms with Gasteiger partial charge in [0.1, 0.15) is 5.52 Å². The summed E-state index contributed by atoms with van der Waals surface area (Å²) in [6.07, 6.45) is 5.43. The molecule has 0 bridgehead atoms. The summed E-state index contributed by atoms with van der Waals surface area (Å²) in [6, 6.07) is 0. The Morgan fingerprint density at radius 3 is 2.73 bits per heavy atom. The van der Waals surface area contributed by atoms with E-state index in [-0.39, 0.29) is 17.2 Å². The monoisotopic (exact) mass is 301 g/mol. The Balaban J connectivity index is 1.90. The number of aromatic nitrogens is 4. The molecular formula is C16H23N5O. The van der Waals surface area contributed by atoms with Gasteiger partial charge in [0.2, 0.25) is 5.91 Å². The summed E-state index contributed by atoms with van der Waals surface area (Å²) in [6.45, 7) is 7.48. The third kappa shape index (κ3) is 2.58. The van der Waals surface area contributed by atoms with Crippen molar-refractivity contribution < 1.29 is 4.79 Å². The van der Waals surface area contributed by atoms with Gasteiger partial charge in [-0.2, -0.15) is 5.10 Å². The standard InChI is InChI=1S/C16H23N5O/c1-16(2,3)15(22)21-9-5-6-11(10-21)12-13-14(20(4)19-12)18-8-7-17-13/h7-8,11H,5-6,9-10H2,1-4H3. The summed E-state index contributed by atoms with van der Waals surface area (Å²) in [5, 5.41) is 4.62. The van der Waals surface area contributed by atoms with E-state index < -0.39 is 0 Å². The van der Waals surface area contributed by atoms with Gasteiger partial charge in [0.05, 0.1) is 5.69 Å². The van der Waals surface area contributed by atoms with E-state index in [2.05, 4.69) is 15.1 Å². The van der Waals surface area contributed by atoms with Gasteiger partial charge >= 0.3 is 0 Å². The van der Waals surface area contributed by atoms with Crippen LogP contribution in [0.15, 0.2) is 12.4 Å². The van der Waals surface area contributed by atoms with Crippen LogP contribution in [0.2, 0.25) is 0 Å². The molecule has 0 N–H and O–H groups in total. The van der Waals surface area contributed by atoms with Crippen molar-refractivity contribution in [3.8, 4) is 0 Å². The Kier molecular flexibility index (Phi) is 3.62. The lowest BCUT2D eigenvalue weighted by molar-refractivity contribution is -0.140. The molecule has 6 heteroatoms. The van der Waals surface area contributed by atoms with E-state index in [9.17, 15) is 4.79 Å². The van der Waals surface area contributed by atoms with Crippen molar-refractivity contribution in [1.82, 2.24) is 24.6 Å². The van der Waals surface area contributed by atoms with E-state index in [0.717, 1.165) is 42.8 Å². The van der Waals surface area contributed by atoms with Crippen molar-refractivity contribution in [2.45, 2.75) is 39.5 Å². The number of fused-ring (bicyclic) bond motifs is 1. The number of carbonyl (C=O) groups is 1. The SMILES string of the molecule is Cn1nc(C2CCCN(C(=O)C(C)(C)C)C2)c2nccnc21. The average molecular weight is 301 g/mol. The molecule has 6 nitrogen and oxygen atoms in total. The molecular weight excluding hydrogens is 278 g/mol. The zero-order valence-electron chi connectivity index (χ0n) is 13.7. The predicted molar refractivity (Wildman–Crippen MR) is 84.3 cm³/mol. The highest BCUT2D eigenvalue weighted by Crippen LogP contribution is 2.31. The number of rotatable bonds is 1. The van der Waals surface area contributed by atoms with Gasteiger partial charge in [0, 0.05) is 43.9 Å². The van der Waals surface area contributed by atoms with Crippen LogP contribution in [0.4, 0.5) is 0 Å². The topological polar surface area (TPSA) is 63.9 Å². The number of carbonyl (C=O) groups excluding carboxylic acids is 1. The molecule has 1 saturated heterocycles. The van der Waals surface area contributed by atoms with Crippen LogP contribution < -0.4 is 0 Å². The first kappa shape index (κ1) is 14.9. The van der Waals surface area contributed by atoms with Crippen molar-refractivity contribution >= 4 is 17.1 Å². The Morgan fingerprint density at radius 1 is 1.27 bits per heavy atom. The Labute approximate surface area is 130 Å². The minimum atomic E-state index is -0.339. The van der Waals surface area contributed by atoms with Crippen molar-refractivity contribution in [2.75, 3.05) is 13.1 Å². The number of piperidine rings is 1. The van der Waals surface area contributed by atoms with Crippen LogP contribution in [-0.2, 0) is 11.8 Å². The van der Waals surface area contributed by atoms with Crippen LogP contribution >= 0.6 is 0 Å².